The van der Waals surface area contributed by atoms with Gasteiger partial charge in [-0.25, -0.2) is 4.39 Å². The summed E-state index contributed by atoms with van der Waals surface area (Å²) in [5, 5.41) is 3.47. The standard InChI is InChI=1S/C20H27ClFN3O2/c1-14(15-5-7-23-8-6-15)13-18(26)24-9-11-25(12-10-24)20(27)19-16(21)3-2-4-17(19)22/h2-4,14-15,23H,5-13H2,1H3. The van der Waals surface area contributed by atoms with Crippen LogP contribution in [0.3, 0.4) is 0 Å². The maximum Gasteiger partial charge on any atom is 0.258 e. The molecule has 2 fully saturated rings. The maximum atomic E-state index is 14.0. The van der Waals surface area contributed by atoms with Crippen molar-refractivity contribution in [1.82, 2.24) is 15.1 Å². The molecule has 3 rings (SSSR count). The molecule has 2 amide bonds. The summed E-state index contributed by atoms with van der Waals surface area (Å²) in [6, 6.07) is 4.23. The second kappa shape index (κ2) is 9.02. The van der Waals surface area contributed by atoms with E-state index < -0.39 is 11.7 Å². The zero-order chi connectivity index (χ0) is 19.4. The van der Waals surface area contributed by atoms with Crippen molar-refractivity contribution in [3.8, 4) is 0 Å². The number of hydrogen-bond donors (Lipinski definition) is 1. The van der Waals surface area contributed by atoms with Crippen molar-refractivity contribution in [3.63, 3.8) is 0 Å². The number of piperazine rings is 1. The van der Waals surface area contributed by atoms with Crippen LogP contribution in [0.5, 0.6) is 0 Å². The highest BCUT2D eigenvalue weighted by Gasteiger charge is 2.29. The summed E-state index contributed by atoms with van der Waals surface area (Å²) in [5.41, 5.74) is -0.0847. The van der Waals surface area contributed by atoms with Gasteiger partial charge < -0.3 is 15.1 Å². The summed E-state index contributed by atoms with van der Waals surface area (Å²) < 4.78 is 14.0. The van der Waals surface area contributed by atoms with E-state index in [-0.39, 0.29) is 16.5 Å². The van der Waals surface area contributed by atoms with Crippen LogP contribution < -0.4 is 5.32 Å². The molecule has 0 spiro atoms. The quantitative estimate of drug-likeness (QED) is 0.852. The van der Waals surface area contributed by atoms with Crippen LogP contribution in [0.2, 0.25) is 5.02 Å². The fraction of sp³-hybridized carbons (Fsp3) is 0.600. The minimum Gasteiger partial charge on any atom is -0.339 e. The van der Waals surface area contributed by atoms with Crippen molar-refractivity contribution in [2.45, 2.75) is 26.2 Å². The molecule has 7 heteroatoms. The number of nitrogens with one attached hydrogen (secondary N) is 1. The molecule has 0 radical (unpaired) electrons. The second-order valence-corrected chi connectivity index (χ2v) is 7.95. The predicted octanol–water partition coefficient (Wildman–Crippen LogP) is 2.79. The van der Waals surface area contributed by atoms with Crippen molar-refractivity contribution in [2.75, 3.05) is 39.3 Å². The highest BCUT2D eigenvalue weighted by Crippen LogP contribution is 2.25. The third-order valence-corrected chi connectivity index (χ3v) is 6.10. The molecule has 2 heterocycles. The van der Waals surface area contributed by atoms with Crippen LogP contribution in [0.1, 0.15) is 36.5 Å². The van der Waals surface area contributed by atoms with Crippen molar-refractivity contribution >= 4 is 23.4 Å². The zero-order valence-electron chi connectivity index (χ0n) is 15.7. The lowest BCUT2D eigenvalue weighted by Gasteiger charge is -2.36. The molecule has 1 atom stereocenters. The van der Waals surface area contributed by atoms with Gasteiger partial charge in [-0.05, 0) is 49.9 Å². The Morgan fingerprint density at radius 3 is 2.44 bits per heavy atom. The average Bonchev–Trinajstić information content (AvgIpc) is 2.68. The summed E-state index contributed by atoms with van der Waals surface area (Å²) in [4.78, 5) is 28.6. The van der Waals surface area contributed by atoms with Crippen molar-refractivity contribution < 1.29 is 14.0 Å². The minimum atomic E-state index is -0.609. The largest absolute Gasteiger partial charge is 0.339 e. The minimum absolute atomic E-state index is 0.0847. The number of hydrogen-bond acceptors (Lipinski definition) is 3. The van der Waals surface area contributed by atoms with Gasteiger partial charge in [0.15, 0.2) is 0 Å². The number of rotatable bonds is 4. The molecule has 0 saturated carbocycles. The van der Waals surface area contributed by atoms with Crippen molar-refractivity contribution in [2.24, 2.45) is 11.8 Å². The topological polar surface area (TPSA) is 52.7 Å². The third kappa shape index (κ3) is 4.79. The molecule has 2 saturated heterocycles. The highest BCUT2D eigenvalue weighted by molar-refractivity contribution is 6.33. The Bertz CT molecular complexity index is 666. The predicted molar refractivity (Wildman–Crippen MR) is 103 cm³/mol. The van der Waals surface area contributed by atoms with Gasteiger partial charge in [0.2, 0.25) is 5.91 Å². The first-order chi connectivity index (χ1) is 13.0. The monoisotopic (exact) mass is 395 g/mol. The molecule has 27 heavy (non-hydrogen) atoms. The second-order valence-electron chi connectivity index (χ2n) is 7.54. The Labute approximate surface area is 164 Å². The van der Waals surface area contributed by atoms with Gasteiger partial charge in [0, 0.05) is 32.6 Å². The molecule has 148 valence electrons. The van der Waals surface area contributed by atoms with Crippen LogP contribution in [0.4, 0.5) is 4.39 Å². The molecule has 2 aliphatic rings. The van der Waals surface area contributed by atoms with Crippen molar-refractivity contribution in [3.05, 3.63) is 34.6 Å². The zero-order valence-corrected chi connectivity index (χ0v) is 16.5. The molecule has 0 aliphatic carbocycles. The molecule has 0 aromatic heterocycles. The van der Waals surface area contributed by atoms with E-state index in [1.165, 1.54) is 18.2 Å². The maximum absolute atomic E-state index is 14.0. The SMILES string of the molecule is CC(CC(=O)N1CCN(C(=O)c2c(F)cccc2Cl)CC1)C1CCNCC1. The number of piperidine rings is 1. The molecule has 1 unspecified atom stereocenters. The van der Waals surface area contributed by atoms with Crippen LogP contribution >= 0.6 is 11.6 Å². The van der Waals surface area contributed by atoms with Crippen LogP contribution in [-0.4, -0.2) is 60.9 Å². The molecule has 2 aliphatic heterocycles. The van der Waals surface area contributed by atoms with Crippen LogP contribution in [-0.2, 0) is 4.79 Å². The van der Waals surface area contributed by atoms with E-state index in [0.717, 1.165) is 25.9 Å². The Hall–Kier alpha value is -1.66. The molecule has 1 aromatic carbocycles. The van der Waals surface area contributed by atoms with Gasteiger partial charge in [0.25, 0.3) is 5.91 Å². The summed E-state index contributed by atoms with van der Waals surface area (Å²) in [5.74, 6) is 0.102. The normalized spacial score (nSPS) is 19.8. The molecular formula is C20H27ClFN3O2. The first-order valence-corrected chi connectivity index (χ1v) is 10.1. The van der Waals surface area contributed by atoms with Gasteiger partial charge in [0.05, 0.1) is 10.6 Å². The number of carbonyl (C=O) groups is 2. The van der Waals surface area contributed by atoms with E-state index in [9.17, 15) is 14.0 Å². The Kier molecular flexibility index (Phi) is 6.71. The number of halogens is 2. The number of nitrogens with zero attached hydrogens (tertiary/aromatic N) is 2. The molecular weight excluding hydrogens is 369 g/mol. The molecule has 0 bridgehead atoms. The Morgan fingerprint density at radius 1 is 1.19 bits per heavy atom. The Balaban J connectivity index is 1.52. The first kappa shape index (κ1) is 20.1. The summed E-state index contributed by atoms with van der Waals surface area (Å²) in [6.45, 7) is 5.98. The Morgan fingerprint density at radius 2 is 1.81 bits per heavy atom. The number of carbonyl (C=O) groups excluding carboxylic acids is 2. The van der Waals surface area contributed by atoms with Crippen LogP contribution in [0, 0.1) is 17.7 Å². The lowest BCUT2D eigenvalue weighted by Crippen LogP contribution is -2.51. The lowest BCUT2D eigenvalue weighted by molar-refractivity contribution is -0.134. The van der Waals surface area contributed by atoms with Gasteiger partial charge in [0.1, 0.15) is 5.82 Å². The third-order valence-electron chi connectivity index (χ3n) is 5.78. The van der Waals surface area contributed by atoms with Gasteiger partial charge in [-0.1, -0.05) is 24.6 Å². The van der Waals surface area contributed by atoms with E-state index in [4.69, 9.17) is 11.6 Å². The van der Waals surface area contributed by atoms with Crippen molar-refractivity contribution in [1.29, 1.82) is 0 Å². The van der Waals surface area contributed by atoms with E-state index in [2.05, 4.69) is 12.2 Å². The average molecular weight is 396 g/mol. The summed E-state index contributed by atoms with van der Waals surface area (Å²) >= 11 is 6.00. The number of amides is 2. The molecule has 5 nitrogen and oxygen atoms in total. The fourth-order valence-corrected chi connectivity index (χ4v) is 4.25. The van der Waals surface area contributed by atoms with Gasteiger partial charge >= 0.3 is 0 Å². The number of benzene rings is 1. The summed E-state index contributed by atoms with van der Waals surface area (Å²) in [7, 11) is 0. The van der Waals surface area contributed by atoms with Gasteiger partial charge in [-0.3, -0.25) is 9.59 Å². The van der Waals surface area contributed by atoms with Gasteiger partial charge in [-0.15, -0.1) is 0 Å². The highest BCUT2D eigenvalue weighted by atomic mass is 35.5. The summed E-state index contributed by atoms with van der Waals surface area (Å²) in [6.07, 6.45) is 2.80. The van der Waals surface area contributed by atoms with Crippen LogP contribution in [0.15, 0.2) is 18.2 Å². The smallest absolute Gasteiger partial charge is 0.258 e. The molecule has 1 aromatic rings. The van der Waals surface area contributed by atoms with E-state index in [1.807, 2.05) is 4.90 Å². The first-order valence-electron chi connectivity index (χ1n) is 9.69. The fourth-order valence-electron chi connectivity index (χ4n) is 4.00. The lowest BCUT2D eigenvalue weighted by atomic mass is 9.84. The van der Waals surface area contributed by atoms with Gasteiger partial charge in [-0.2, -0.15) is 0 Å². The van der Waals surface area contributed by atoms with Crippen LogP contribution in [0.25, 0.3) is 0 Å². The van der Waals surface area contributed by atoms with E-state index in [0.29, 0.717) is 44.4 Å². The van der Waals surface area contributed by atoms with E-state index in [1.54, 1.807) is 4.90 Å². The van der Waals surface area contributed by atoms with E-state index >= 15 is 0 Å². The molecule has 1 N–H and O–H groups in total.